The molecule has 0 radical (unpaired) electrons. The van der Waals surface area contributed by atoms with Crippen molar-refractivity contribution in [1.29, 1.82) is 0 Å². The Bertz CT molecular complexity index is 315. The Morgan fingerprint density at radius 2 is 2.07 bits per heavy atom. The third-order valence-electron chi connectivity index (χ3n) is 2.09. The number of hydrogen-bond acceptors (Lipinski definition) is 4. The number of hydrogen-bond donors (Lipinski definition) is 1. The topological polar surface area (TPSA) is 53.7 Å². The van der Waals surface area contributed by atoms with E-state index in [1.54, 1.807) is 26.4 Å². The molecule has 0 saturated carbocycles. The van der Waals surface area contributed by atoms with Crippen molar-refractivity contribution in [2.24, 2.45) is 0 Å². The molecular weight excluding hydrogens is 194 g/mol. The molecule has 0 fully saturated rings. The zero-order chi connectivity index (χ0) is 11.3. The van der Waals surface area contributed by atoms with Crippen molar-refractivity contribution in [2.45, 2.75) is 13.0 Å². The predicted octanol–water partition coefficient (Wildman–Crippen LogP) is 1.69. The summed E-state index contributed by atoms with van der Waals surface area (Å²) >= 11 is 0. The minimum atomic E-state index is 0.0477. The van der Waals surface area contributed by atoms with Gasteiger partial charge in [0.25, 0.3) is 0 Å². The Kier molecular flexibility index (Phi) is 4.24. The molecule has 2 N–H and O–H groups in total. The van der Waals surface area contributed by atoms with Crippen molar-refractivity contribution >= 4 is 5.69 Å². The first-order valence-electron chi connectivity index (χ1n) is 4.76. The minimum absolute atomic E-state index is 0.0477. The second kappa shape index (κ2) is 5.46. The lowest BCUT2D eigenvalue weighted by molar-refractivity contribution is 0.0719. The summed E-state index contributed by atoms with van der Waals surface area (Å²) in [4.78, 5) is 0. The highest BCUT2D eigenvalue weighted by molar-refractivity contribution is 5.56. The highest BCUT2D eigenvalue weighted by Crippen LogP contribution is 2.26. The maximum Gasteiger partial charge on any atom is 0.142 e. The normalized spacial score (nSPS) is 12.2. The molecule has 0 aromatic heterocycles. The van der Waals surface area contributed by atoms with Gasteiger partial charge in [0, 0.05) is 13.2 Å². The first-order valence-corrected chi connectivity index (χ1v) is 4.76. The average molecular weight is 211 g/mol. The molecule has 0 spiro atoms. The quantitative estimate of drug-likeness (QED) is 0.753. The highest BCUT2D eigenvalue weighted by atomic mass is 16.5. The van der Waals surface area contributed by atoms with Crippen molar-refractivity contribution in [3.8, 4) is 11.5 Å². The maximum absolute atomic E-state index is 5.78. The van der Waals surface area contributed by atoms with Crippen LogP contribution in [0.4, 0.5) is 5.69 Å². The van der Waals surface area contributed by atoms with Crippen LogP contribution in [-0.2, 0) is 4.74 Å². The summed E-state index contributed by atoms with van der Waals surface area (Å²) in [7, 11) is 3.24. The summed E-state index contributed by atoms with van der Waals surface area (Å²) in [5.74, 6) is 1.37. The summed E-state index contributed by atoms with van der Waals surface area (Å²) in [6.45, 7) is 2.41. The second-order valence-corrected chi connectivity index (χ2v) is 3.26. The Balaban J connectivity index is 2.62. The smallest absolute Gasteiger partial charge is 0.142 e. The van der Waals surface area contributed by atoms with Gasteiger partial charge in [-0.2, -0.15) is 0 Å². The molecular formula is C11H17NO3. The van der Waals surface area contributed by atoms with E-state index in [4.69, 9.17) is 19.9 Å². The van der Waals surface area contributed by atoms with E-state index >= 15 is 0 Å². The third-order valence-corrected chi connectivity index (χ3v) is 2.09. The van der Waals surface area contributed by atoms with E-state index < -0.39 is 0 Å². The number of anilines is 1. The van der Waals surface area contributed by atoms with Crippen LogP contribution in [-0.4, -0.2) is 26.9 Å². The fraction of sp³-hybridized carbons (Fsp3) is 0.455. The van der Waals surface area contributed by atoms with Gasteiger partial charge in [0.2, 0.25) is 0 Å². The molecule has 1 aromatic carbocycles. The molecule has 4 nitrogen and oxygen atoms in total. The molecule has 15 heavy (non-hydrogen) atoms. The Labute approximate surface area is 89.9 Å². The van der Waals surface area contributed by atoms with Crippen LogP contribution in [0.5, 0.6) is 11.5 Å². The van der Waals surface area contributed by atoms with Crippen molar-refractivity contribution in [1.82, 2.24) is 0 Å². The zero-order valence-electron chi connectivity index (χ0n) is 9.32. The molecule has 0 amide bonds. The molecule has 0 aliphatic heterocycles. The minimum Gasteiger partial charge on any atom is -0.497 e. The second-order valence-electron chi connectivity index (χ2n) is 3.26. The van der Waals surface area contributed by atoms with E-state index in [0.717, 1.165) is 5.75 Å². The van der Waals surface area contributed by atoms with Gasteiger partial charge in [-0.25, -0.2) is 0 Å². The maximum atomic E-state index is 5.78. The van der Waals surface area contributed by atoms with Crippen molar-refractivity contribution in [2.75, 3.05) is 26.6 Å². The van der Waals surface area contributed by atoms with Crippen LogP contribution in [0.2, 0.25) is 0 Å². The number of rotatable bonds is 5. The zero-order valence-corrected chi connectivity index (χ0v) is 9.32. The Morgan fingerprint density at radius 3 is 2.60 bits per heavy atom. The molecule has 1 atom stereocenters. The monoisotopic (exact) mass is 211 g/mol. The molecule has 0 aliphatic carbocycles. The summed E-state index contributed by atoms with van der Waals surface area (Å²) in [5, 5.41) is 0. The number of methoxy groups -OCH3 is 2. The van der Waals surface area contributed by atoms with Gasteiger partial charge >= 0.3 is 0 Å². The Morgan fingerprint density at radius 1 is 1.33 bits per heavy atom. The number of nitrogen functional groups attached to an aromatic ring is 1. The van der Waals surface area contributed by atoms with Crippen LogP contribution in [0.15, 0.2) is 18.2 Å². The molecule has 1 unspecified atom stereocenters. The lowest BCUT2D eigenvalue weighted by Gasteiger charge is -2.13. The molecule has 0 aliphatic rings. The molecule has 4 heteroatoms. The van der Waals surface area contributed by atoms with Gasteiger partial charge in [0.05, 0.1) is 18.9 Å². The summed E-state index contributed by atoms with van der Waals surface area (Å²) in [6.07, 6.45) is 0.0477. The predicted molar refractivity (Wildman–Crippen MR) is 59.4 cm³/mol. The fourth-order valence-corrected chi connectivity index (χ4v) is 1.06. The molecule has 1 rings (SSSR count). The van der Waals surface area contributed by atoms with Gasteiger partial charge in [-0.1, -0.05) is 0 Å². The van der Waals surface area contributed by atoms with Gasteiger partial charge < -0.3 is 19.9 Å². The van der Waals surface area contributed by atoms with Crippen LogP contribution < -0.4 is 15.2 Å². The number of ether oxygens (including phenoxy) is 3. The SMILES string of the molecule is COc1ccc(OCC(C)OC)c(N)c1. The molecule has 0 heterocycles. The van der Waals surface area contributed by atoms with Crippen LogP contribution in [0.25, 0.3) is 0 Å². The van der Waals surface area contributed by atoms with Crippen molar-refractivity contribution in [3.63, 3.8) is 0 Å². The standard InChI is InChI=1S/C11H17NO3/c1-8(13-2)7-15-11-5-4-9(14-3)6-10(11)12/h4-6,8H,7,12H2,1-3H3. The largest absolute Gasteiger partial charge is 0.497 e. The first kappa shape index (κ1) is 11.7. The average Bonchev–Trinajstić information content (AvgIpc) is 2.26. The first-order chi connectivity index (χ1) is 7.17. The van der Waals surface area contributed by atoms with Crippen molar-refractivity contribution < 1.29 is 14.2 Å². The van der Waals surface area contributed by atoms with E-state index in [9.17, 15) is 0 Å². The highest BCUT2D eigenvalue weighted by Gasteiger charge is 2.05. The van der Waals surface area contributed by atoms with Gasteiger partial charge in [0.15, 0.2) is 0 Å². The number of benzene rings is 1. The molecule has 84 valence electrons. The van der Waals surface area contributed by atoms with Crippen LogP contribution in [0.1, 0.15) is 6.92 Å². The molecule has 1 aromatic rings. The summed E-state index contributed by atoms with van der Waals surface area (Å²) < 4.78 is 15.6. The van der Waals surface area contributed by atoms with Crippen LogP contribution >= 0.6 is 0 Å². The summed E-state index contributed by atoms with van der Waals surface area (Å²) in [5.41, 5.74) is 6.35. The van der Waals surface area contributed by atoms with Gasteiger partial charge in [-0.15, -0.1) is 0 Å². The van der Waals surface area contributed by atoms with E-state index in [1.165, 1.54) is 0 Å². The fourth-order valence-electron chi connectivity index (χ4n) is 1.06. The van der Waals surface area contributed by atoms with Gasteiger partial charge in [0.1, 0.15) is 18.1 Å². The summed E-state index contributed by atoms with van der Waals surface area (Å²) in [6, 6.07) is 5.33. The van der Waals surface area contributed by atoms with E-state index in [-0.39, 0.29) is 6.10 Å². The third kappa shape index (κ3) is 3.32. The van der Waals surface area contributed by atoms with E-state index in [2.05, 4.69) is 0 Å². The lowest BCUT2D eigenvalue weighted by atomic mass is 10.3. The lowest BCUT2D eigenvalue weighted by Crippen LogP contribution is -2.16. The van der Waals surface area contributed by atoms with E-state index in [0.29, 0.717) is 18.0 Å². The van der Waals surface area contributed by atoms with Gasteiger partial charge in [-0.05, 0) is 19.1 Å². The van der Waals surface area contributed by atoms with Gasteiger partial charge in [-0.3, -0.25) is 0 Å². The molecule has 0 saturated heterocycles. The van der Waals surface area contributed by atoms with Crippen LogP contribution in [0, 0.1) is 0 Å². The van der Waals surface area contributed by atoms with E-state index in [1.807, 2.05) is 13.0 Å². The Hall–Kier alpha value is -1.42. The number of nitrogens with two attached hydrogens (primary N) is 1. The van der Waals surface area contributed by atoms with Crippen LogP contribution in [0.3, 0.4) is 0 Å². The van der Waals surface area contributed by atoms with Crippen molar-refractivity contribution in [3.05, 3.63) is 18.2 Å². The molecule has 0 bridgehead atoms.